The zero-order valence-corrected chi connectivity index (χ0v) is 13.7. The maximum atomic E-state index is 5.33. The van der Waals surface area contributed by atoms with Gasteiger partial charge in [0, 0.05) is 19.7 Å². The molecule has 1 heterocycles. The lowest BCUT2D eigenvalue weighted by molar-refractivity contribution is 0.415. The van der Waals surface area contributed by atoms with Crippen molar-refractivity contribution in [3.63, 3.8) is 0 Å². The summed E-state index contributed by atoms with van der Waals surface area (Å²) in [6.45, 7) is 2.17. The molecule has 3 rings (SSSR count). The first-order valence-electron chi connectivity index (χ1n) is 7.67. The van der Waals surface area contributed by atoms with Crippen LogP contribution in [0.15, 0.2) is 58.5 Å². The second kappa shape index (κ2) is 6.24. The van der Waals surface area contributed by atoms with Gasteiger partial charge in [0.1, 0.15) is 5.75 Å². The molecule has 0 aliphatic carbocycles. The van der Waals surface area contributed by atoms with Crippen molar-refractivity contribution in [2.75, 3.05) is 14.2 Å². The zero-order valence-electron chi connectivity index (χ0n) is 13.7. The Kier molecular flexibility index (Phi) is 4.15. The highest BCUT2D eigenvalue weighted by Gasteiger charge is 2.29. The Morgan fingerprint density at radius 1 is 1.13 bits per heavy atom. The van der Waals surface area contributed by atoms with Crippen LogP contribution >= 0.6 is 0 Å². The lowest BCUT2D eigenvalue weighted by Gasteiger charge is -2.33. The third-order valence-corrected chi connectivity index (χ3v) is 4.22. The first kappa shape index (κ1) is 15.3. The maximum absolute atomic E-state index is 5.33. The number of hydrogen-bond acceptors (Lipinski definition) is 2. The normalized spacial score (nSPS) is 22.0. The third kappa shape index (κ3) is 3.11. The van der Waals surface area contributed by atoms with E-state index in [2.05, 4.69) is 58.6 Å². The summed E-state index contributed by atoms with van der Waals surface area (Å²) < 4.78 is 5.33. The number of nitrogens with one attached hydrogen (secondary N) is 1. The molecule has 0 bridgehead atoms. The molecule has 0 saturated heterocycles. The fourth-order valence-corrected chi connectivity index (χ4v) is 2.79. The fourth-order valence-electron chi connectivity index (χ4n) is 2.79. The number of methoxy groups -OCH3 is 1. The molecule has 4 nitrogen and oxygen atoms in total. The van der Waals surface area contributed by atoms with Gasteiger partial charge in [0.15, 0.2) is 0 Å². The number of aliphatic imine (C=N–C) groups is 2. The van der Waals surface area contributed by atoms with Crippen molar-refractivity contribution in [2.24, 2.45) is 9.98 Å². The summed E-state index contributed by atoms with van der Waals surface area (Å²) in [7, 11) is 3.44. The van der Waals surface area contributed by atoms with Crippen molar-refractivity contribution in [1.82, 2.24) is 5.32 Å². The molecule has 2 aromatic rings. The van der Waals surface area contributed by atoms with Crippen LogP contribution in [0.25, 0.3) is 11.1 Å². The summed E-state index contributed by atoms with van der Waals surface area (Å²) in [6.07, 6.45) is 2.75. The minimum Gasteiger partial charge on any atom is -0.497 e. The molecule has 4 heteroatoms. The molecule has 0 amide bonds. The summed E-state index contributed by atoms with van der Waals surface area (Å²) in [4.78, 5) is 8.43. The molecule has 0 spiro atoms. The second-order valence-electron chi connectivity index (χ2n) is 5.83. The largest absolute Gasteiger partial charge is 0.497 e. The van der Waals surface area contributed by atoms with Crippen molar-refractivity contribution < 1.29 is 4.74 Å². The Hall–Kier alpha value is -2.62. The van der Waals surface area contributed by atoms with E-state index in [0.29, 0.717) is 5.96 Å². The summed E-state index contributed by atoms with van der Waals surface area (Å²) in [5, 5.41) is 3.42. The number of guanidine groups is 1. The van der Waals surface area contributed by atoms with E-state index in [4.69, 9.17) is 4.74 Å². The highest BCUT2D eigenvalue weighted by atomic mass is 16.5. The number of hydrogen-bond donors (Lipinski definition) is 1. The molecular weight excluding hydrogens is 286 g/mol. The molecule has 0 radical (unpaired) electrons. The third-order valence-electron chi connectivity index (χ3n) is 4.22. The average molecular weight is 307 g/mol. The van der Waals surface area contributed by atoms with Gasteiger partial charge in [-0.25, -0.2) is 4.99 Å². The van der Waals surface area contributed by atoms with Gasteiger partial charge in [0.05, 0.1) is 12.6 Å². The van der Waals surface area contributed by atoms with Gasteiger partial charge in [-0.15, -0.1) is 0 Å². The average Bonchev–Trinajstić information content (AvgIpc) is 2.62. The molecular formula is C19H21N3O. The molecule has 1 aliphatic heterocycles. The Morgan fingerprint density at radius 2 is 1.87 bits per heavy atom. The Labute approximate surface area is 136 Å². The first-order chi connectivity index (χ1) is 11.1. The van der Waals surface area contributed by atoms with Gasteiger partial charge in [0.25, 0.3) is 0 Å². The monoisotopic (exact) mass is 307 g/mol. The van der Waals surface area contributed by atoms with Crippen LogP contribution in [0.2, 0.25) is 0 Å². The van der Waals surface area contributed by atoms with Crippen molar-refractivity contribution in [3.05, 3.63) is 54.1 Å². The van der Waals surface area contributed by atoms with Gasteiger partial charge in [-0.05, 0) is 41.8 Å². The van der Waals surface area contributed by atoms with Crippen molar-refractivity contribution in [3.8, 4) is 16.9 Å². The summed E-state index contributed by atoms with van der Waals surface area (Å²) in [6, 6.07) is 16.7. The van der Waals surface area contributed by atoms with Crippen molar-refractivity contribution >= 4 is 12.2 Å². The quantitative estimate of drug-likeness (QED) is 0.941. The van der Waals surface area contributed by atoms with Gasteiger partial charge in [-0.3, -0.25) is 4.99 Å². The summed E-state index contributed by atoms with van der Waals surface area (Å²) in [5.41, 5.74) is 3.32. The predicted octanol–water partition coefficient (Wildman–Crippen LogP) is 3.63. The minimum atomic E-state index is -0.203. The smallest absolute Gasteiger partial charge is 0.218 e. The summed E-state index contributed by atoms with van der Waals surface area (Å²) >= 11 is 0. The number of nitrogens with zero attached hydrogens (tertiary/aromatic N) is 2. The van der Waals surface area contributed by atoms with Crippen LogP contribution in [0.3, 0.4) is 0 Å². The van der Waals surface area contributed by atoms with Gasteiger partial charge >= 0.3 is 0 Å². The van der Waals surface area contributed by atoms with Crippen LogP contribution in [0.5, 0.6) is 5.75 Å². The number of benzene rings is 2. The van der Waals surface area contributed by atoms with Crippen LogP contribution in [-0.4, -0.2) is 26.3 Å². The second-order valence-corrected chi connectivity index (χ2v) is 5.83. The first-order valence-corrected chi connectivity index (χ1v) is 7.67. The van der Waals surface area contributed by atoms with Gasteiger partial charge in [-0.1, -0.05) is 30.3 Å². The van der Waals surface area contributed by atoms with E-state index in [9.17, 15) is 0 Å². The van der Waals surface area contributed by atoms with Crippen molar-refractivity contribution in [1.29, 1.82) is 0 Å². The van der Waals surface area contributed by atoms with Crippen LogP contribution in [0.1, 0.15) is 18.9 Å². The van der Waals surface area contributed by atoms with Crippen LogP contribution in [0, 0.1) is 0 Å². The molecule has 1 N–H and O–H groups in total. The topological polar surface area (TPSA) is 46.0 Å². The lowest BCUT2D eigenvalue weighted by atomic mass is 9.86. The Morgan fingerprint density at radius 3 is 2.61 bits per heavy atom. The molecule has 1 unspecified atom stereocenters. The zero-order chi connectivity index (χ0) is 16.3. The molecule has 2 aromatic carbocycles. The molecule has 0 aromatic heterocycles. The highest BCUT2D eigenvalue weighted by Crippen LogP contribution is 2.31. The van der Waals surface area contributed by atoms with E-state index < -0.39 is 0 Å². The Balaban J connectivity index is 1.98. The predicted molar refractivity (Wildman–Crippen MR) is 95.4 cm³/mol. The van der Waals surface area contributed by atoms with Crippen LogP contribution < -0.4 is 10.1 Å². The molecule has 23 heavy (non-hydrogen) atoms. The summed E-state index contributed by atoms with van der Waals surface area (Å²) in [5.74, 6) is 1.54. The lowest BCUT2D eigenvalue weighted by Crippen LogP contribution is -2.45. The fraction of sp³-hybridized carbons (Fsp3) is 0.263. The molecule has 118 valence electrons. The molecule has 0 fully saturated rings. The highest BCUT2D eigenvalue weighted by molar-refractivity contribution is 5.91. The SMILES string of the molecule is CN=C1N=CCC(C)(c2cccc(-c3cccc(OC)c3)c2)N1. The molecule has 1 aliphatic rings. The van der Waals surface area contributed by atoms with Crippen LogP contribution in [-0.2, 0) is 5.54 Å². The standard InChI is InChI=1S/C19H21N3O/c1-19(10-11-21-18(20-2)22-19)16-8-4-6-14(12-16)15-7-5-9-17(13-15)23-3/h4-9,11-13H,10H2,1-3H3,(H,20,22). The van der Waals surface area contributed by atoms with E-state index >= 15 is 0 Å². The number of rotatable bonds is 3. The van der Waals surface area contributed by atoms with E-state index in [-0.39, 0.29) is 5.54 Å². The Bertz CT molecular complexity index is 767. The van der Waals surface area contributed by atoms with E-state index in [0.717, 1.165) is 17.7 Å². The van der Waals surface area contributed by atoms with Crippen LogP contribution in [0.4, 0.5) is 0 Å². The van der Waals surface area contributed by atoms with Gasteiger partial charge < -0.3 is 10.1 Å². The van der Waals surface area contributed by atoms with E-state index in [1.807, 2.05) is 18.3 Å². The minimum absolute atomic E-state index is 0.203. The molecule has 0 saturated carbocycles. The number of ether oxygens (including phenoxy) is 1. The van der Waals surface area contributed by atoms with Gasteiger partial charge in [-0.2, -0.15) is 0 Å². The van der Waals surface area contributed by atoms with E-state index in [1.165, 1.54) is 11.1 Å². The van der Waals surface area contributed by atoms with Crippen molar-refractivity contribution in [2.45, 2.75) is 18.9 Å². The van der Waals surface area contributed by atoms with E-state index in [1.54, 1.807) is 14.2 Å². The maximum Gasteiger partial charge on any atom is 0.218 e. The molecule has 1 atom stereocenters. The van der Waals surface area contributed by atoms with Gasteiger partial charge in [0.2, 0.25) is 5.96 Å².